The number of likely N-dealkylation sites (N-methyl/N-ethyl adjacent to an activating group) is 1. The number of hydrogen-bond donors (Lipinski definition) is 2. The number of methoxy groups -OCH3 is 1. The second kappa shape index (κ2) is 8.86. The highest BCUT2D eigenvalue weighted by molar-refractivity contribution is 6.36. The number of anilines is 2. The molecule has 0 aliphatic carbocycles. The molecule has 1 saturated heterocycles. The Morgan fingerprint density at radius 1 is 1.30 bits per heavy atom. The van der Waals surface area contributed by atoms with Crippen molar-refractivity contribution >= 4 is 40.4 Å². The normalized spacial score (nSPS) is 17.0. The van der Waals surface area contributed by atoms with Crippen molar-refractivity contribution in [2.75, 3.05) is 30.9 Å². The number of rotatable bonds is 6. The van der Waals surface area contributed by atoms with Gasteiger partial charge in [0.15, 0.2) is 0 Å². The van der Waals surface area contributed by atoms with Gasteiger partial charge in [-0.3, -0.25) is 9.69 Å². The molecule has 1 aromatic carbocycles. The summed E-state index contributed by atoms with van der Waals surface area (Å²) < 4.78 is 5.22. The van der Waals surface area contributed by atoms with Crippen LogP contribution in [0.4, 0.5) is 16.7 Å². The summed E-state index contributed by atoms with van der Waals surface area (Å²) in [5, 5.41) is 4.29. The Morgan fingerprint density at radius 2 is 2.06 bits per heavy atom. The van der Waals surface area contributed by atoms with Crippen LogP contribution in [0.1, 0.15) is 37.7 Å². The Bertz CT molecular complexity index is 1280. The molecule has 2 amide bonds. The zero-order valence-electron chi connectivity index (χ0n) is 19.1. The molecule has 3 heterocycles. The lowest BCUT2D eigenvalue weighted by atomic mass is 10.1. The van der Waals surface area contributed by atoms with Gasteiger partial charge in [0.25, 0.3) is 5.56 Å². The van der Waals surface area contributed by atoms with E-state index in [1.165, 1.54) is 7.11 Å². The number of H-pyrrole nitrogens is 1. The Kier molecular flexibility index (Phi) is 6.11. The Morgan fingerprint density at radius 3 is 2.76 bits per heavy atom. The molecule has 1 aliphatic rings. The molecule has 174 valence electrons. The first-order valence-electron chi connectivity index (χ1n) is 10.7. The minimum atomic E-state index is -0.424. The number of hydrogen-bond acceptors (Lipinski definition) is 7. The van der Waals surface area contributed by atoms with Gasteiger partial charge in [0.1, 0.15) is 16.6 Å². The number of nitrogens with zero attached hydrogens (tertiary/aromatic N) is 5. The molecule has 4 rings (SSSR count). The third-order valence-electron chi connectivity index (χ3n) is 5.79. The van der Waals surface area contributed by atoms with Gasteiger partial charge in [0, 0.05) is 24.5 Å². The van der Waals surface area contributed by atoms with Crippen LogP contribution in [-0.4, -0.2) is 57.6 Å². The Hall–Kier alpha value is -3.40. The highest BCUT2D eigenvalue weighted by Gasteiger charge is 2.37. The second-order valence-corrected chi connectivity index (χ2v) is 8.45. The molecule has 2 aromatic heterocycles. The van der Waals surface area contributed by atoms with Crippen molar-refractivity contribution in [3.63, 3.8) is 0 Å². The van der Waals surface area contributed by atoms with Crippen LogP contribution < -0.4 is 20.5 Å². The number of benzene rings is 1. The van der Waals surface area contributed by atoms with Crippen LogP contribution in [0.3, 0.4) is 0 Å². The largest absolute Gasteiger partial charge is 0.495 e. The highest BCUT2D eigenvalue weighted by atomic mass is 35.5. The van der Waals surface area contributed by atoms with Crippen molar-refractivity contribution in [3.05, 3.63) is 45.0 Å². The third kappa shape index (κ3) is 4.18. The van der Waals surface area contributed by atoms with Crippen molar-refractivity contribution in [2.24, 2.45) is 0 Å². The summed E-state index contributed by atoms with van der Waals surface area (Å²) in [6.07, 6.45) is 0.778. The van der Waals surface area contributed by atoms with Gasteiger partial charge in [0.2, 0.25) is 11.9 Å². The van der Waals surface area contributed by atoms with Gasteiger partial charge >= 0.3 is 6.03 Å². The molecule has 1 fully saturated rings. The maximum atomic E-state index is 12.8. The van der Waals surface area contributed by atoms with Crippen LogP contribution in [0.25, 0.3) is 10.9 Å². The summed E-state index contributed by atoms with van der Waals surface area (Å²) in [6, 6.07) is 4.77. The van der Waals surface area contributed by atoms with Gasteiger partial charge in [0.05, 0.1) is 24.7 Å². The molecule has 0 unspecified atom stereocenters. The number of nitrogens with one attached hydrogen (secondary N) is 2. The van der Waals surface area contributed by atoms with Crippen LogP contribution in [-0.2, 0) is 0 Å². The lowest BCUT2D eigenvalue weighted by molar-refractivity contribution is 0.229. The highest BCUT2D eigenvalue weighted by Crippen LogP contribution is 2.31. The summed E-state index contributed by atoms with van der Waals surface area (Å²) in [4.78, 5) is 44.8. The molecule has 3 aromatic rings. The average Bonchev–Trinajstić information content (AvgIpc) is 3.07. The number of carbonyl (C=O) groups excluding carboxylic acids is 1. The number of carbonyl (C=O) groups is 1. The van der Waals surface area contributed by atoms with Crippen molar-refractivity contribution in [1.82, 2.24) is 24.8 Å². The fraction of sp³-hybridized carbons (Fsp3) is 0.409. The summed E-state index contributed by atoms with van der Waals surface area (Å²) >= 11 is 6.34. The van der Waals surface area contributed by atoms with E-state index in [4.69, 9.17) is 16.3 Å². The number of urea groups is 1. The Balaban J connectivity index is 1.66. The lowest BCUT2D eigenvalue weighted by Gasteiger charge is -2.21. The van der Waals surface area contributed by atoms with Gasteiger partial charge in [-0.1, -0.05) is 18.5 Å². The van der Waals surface area contributed by atoms with E-state index in [9.17, 15) is 9.59 Å². The van der Waals surface area contributed by atoms with E-state index in [0.717, 1.165) is 11.8 Å². The van der Waals surface area contributed by atoms with E-state index in [-0.39, 0.29) is 23.6 Å². The zero-order valence-corrected chi connectivity index (χ0v) is 19.9. The molecule has 1 aliphatic heterocycles. The molecule has 11 heteroatoms. The number of fused-ring (bicyclic) bond motifs is 1. The van der Waals surface area contributed by atoms with E-state index in [0.29, 0.717) is 40.2 Å². The average molecular weight is 472 g/mol. The Labute approximate surface area is 196 Å². The van der Waals surface area contributed by atoms with Gasteiger partial charge in [-0.15, -0.1) is 0 Å². The predicted octanol–water partition coefficient (Wildman–Crippen LogP) is 3.51. The summed E-state index contributed by atoms with van der Waals surface area (Å²) in [5.74, 6) is 1.54. The first kappa shape index (κ1) is 22.8. The van der Waals surface area contributed by atoms with Crippen LogP contribution in [0, 0.1) is 6.92 Å². The lowest BCUT2D eigenvalue weighted by Crippen LogP contribution is -2.36. The molecule has 2 atom stereocenters. The first-order valence-corrected chi connectivity index (χ1v) is 11.0. The quantitative estimate of drug-likeness (QED) is 0.565. The number of halogens is 1. The smallest absolute Gasteiger partial charge is 0.327 e. The predicted molar refractivity (Wildman–Crippen MR) is 127 cm³/mol. The van der Waals surface area contributed by atoms with Gasteiger partial charge in [-0.2, -0.15) is 15.0 Å². The first-order chi connectivity index (χ1) is 15.7. The second-order valence-electron chi connectivity index (χ2n) is 8.07. The molecule has 0 radical (unpaired) electrons. The molecule has 0 saturated carbocycles. The van der Waals surface area contributed by atoms with Crippen LogP contribution in [0.2, 0.25) is 5.02 Å². The monoisotopic (exact) mass is 471 g/mol. The van der Waals surface area contributed by atoms with Gasteiger partial charge in [-0.25, -0.2) is 4.79 Å². The molecule has 0 bridgehead atoms. The van der Waals surface area contributed by atoms with Crippen molar-refractivity contribution in [2.45, 2.75) is 39.3 Å². The van der Waals surface area contributed by atoms with Gasteiger partial charge in [-0.05, 0) is 38.5 Å². The maximum absolute atomic E-state index is 12.8. The van der Waals surface area contributed by atoms with Crippen LogP contribution >= 0.6 is 11.6 Å². The van der Waals surface area contributed by atoms with Crippen molar-refractivity contribution < 1.29 is 9.53 Å². The molecule has 33 heavy (non-hydrogen) atoms. The SMILES string of the molecule is CC[C@H]1CN(C)C(=O)N1c1nc(C)nc(N[C@@H](C)c2cc3ccc(OC)c(Cl)c3[nH]c2=O)n1. The fourth-order valence-corrected chi connectivity index (χ4v) is 4.30. The number of aryl methyl sites for hydroxylation is 1. The molecule has 10 nitrogen and oxygen atoms in total. The van der Waals surface area contributed by atoms with E-state index in [1.807, 2.05) is 19.9 Å². The van der Waals surface area contributed by atoms with Crippen LogP contribution in [0.5, 0.6) is 5.75 Å². The summed E-state index contributed by atoms with van der Waals surface area (Å²) in [7, 11) is 3.28. The number of ether oxygens (including phenoxy) is 1. The van der Waals surface area contributed by atoms with Crippen LogP contribution in [0.15, 0.2) is 23.0 Å². The van der Waals surface area contributed by atoms with Crippen molar-refractivity contribution in [3.8, 4) is 5.75 Å². The molecular weight excluding hydrogens is 446 g/mol. The van der Waals surface area contributed by atoms with E-state index >= 15 is 0 Å². The van der Waals surface area contributed by atoms with Crippen molar-refractivity contribution in [1.29, 1.82) is 0 Å². The maximum Gasteiger partial charge on any atom is 0.327 e. The zero-order chi connectivity index (χ0) is 23.9. The molecule has 0 spiro atoms. The molecule has 2 N–H and O–H groups in total. The fourth-order valence-electron chi connectivity index (χ4n) is 4.01. The molecular formula is C22H26ClN7O3. The topological polar surface area (TPSA) is 116 Å². The minimum absolute atomic E-state index is 0.0142. The minimum Gasteiger partial charge on any atom is -0.495 e. The van der Waals surface area contributed by atoms with E-state index in [2.05, 4.69) is 25.3 Å². The number of aromatic amines is 1. The summed E-state index contributed by atoms with van der Waals surface area (Å²) in [5.41, 5.74) is 0.718. The third-order valence-corrected chi connectivity index (χ3v) is 6.16. The van der Waals surface area contributed by atoms with Gasteiger partial charge < -0.3 is 19.9 Å². The number of pyridine rings is 1. The summed E-state index contributed by atoms with van der Waals surface area (Å²) in [6.45, 7) is 6.21. The standard InChI is InChI=1S/C22H26ClN7O3/c1-6-14-10-29(4)22(32)30(14)21-26-12(3)25-20(28-21)24-11(2)15-9-13-7-8-16(33-5)17(23)18(13)27-19(15)31/h7-9,11,14H,6,10H2,1-5H3,(H,27,31)(H,24,25,26,28)/t11-,14-/m0/s1. The van der Waals surface area contributed by atoms with E-state index in [1.54, 1.807) is 35.9 Å². The number of amides is 2. The van der Waals surface area contributed by atoms with E-state index < -0.39 is 6.04 Å². The number of aromatic nitrogens is 4.